The molecule has 1 aliphatic heterocycles. The van der Waals surface area contributed by atoms with E-state index in [-0.39, 0.29) is 18.4 Å². The van der Waals surface area contributed by atoms with E-state index in [2.05, 4.69) is 16.4 Å². The zero-order valence-electron chi connectivity index (χ0n) is 24.7. The maximum Gasteiger partial charge on any atom is 0.326 e. The van der Waals surface area contributed by atoms with Gasteiger partial charge in [0.2, 0.25) is 11.8 Å². The third-order valence-corrected chi connectivity index (χ3v) is 9.52. The molecule has 3 aliphatic rings. The Labute approximate surface area is 242 Å². The summed E-state index contributed by atoms with van der Waals surface area (Å²) in [5.74, 6) is -1.15. The third kappa shape index (κ3) is 5.99. The Hall–Kier alpha value is -3.00. The molecule has 3 fully saturated rings. The van der Waals surface area contributed by atoms with Crippen LogP contribution in [0.25, 0.3) is 0 Å². The summed E-state index contributed by atoms with van der Waals surface area (Å²) in [4.78, 5) is 33.5. The molecule has 0 unspecified atom stereocenters. The molecule has 2 N–H and O–H groups in total. The van der Waals surface area contributed by atoms with Crippen LogP contribution in [0.15, 0.2) is 42.6 Å². The van der Waals surface area contributed by atoms with Gasteiger partial charge in [-0.1, -0.05) is 57.5 Å². The van der Waals surface area contributed by atoms with E-state index in [9.17, 15) is 19.1 Å². The van der Waals surface area contributed by atoms with Crippen molar-refractivity contribution in [2.24, 2.45) is 17.3 Å². The maximum absolute atomic E-state index is 14.5. The average Bonchev–Trinajstić information content (AvgIpc) is 3.27. The number of benzene rings is 1. The van der Waals surface area contributed by atoms with Crippen LogP contribution in [-0.4, -0.2) is 52.2 Å². The highest BCUT2D eigenvalue weighted by atomic mass is 19.1. The second-order valence-electron chi connectivity index (χ2n) is 13.2. The number of likely N-dealkylation sites (tertiary alicyclic amines) is 1. The SMILES string of the molecule is COc1ncc(C2CCC2)cc1CN[C@H]1[C@H](C(C)(C)C)[C@@H](C(=O)O)N(C(=O)[C@@H]2CCC[C@@H](F)C2)[C@H]1c1ccccc1. The van der Waals surface area contributed by atoms with Crippen LogP contribution in [0, 0.1) is 17.3 Å². The number of carboxylic acid groups (broad SMARTS) is 1. The summed E-state index contributed by atoms with van der Waals surface area (Å²) < 4.78 is 20.1. The molecule has 8 heteroatoms. The number of halogens is 1. The summed E-state index contributed by atoms with van der Waals surface area (Å²) in [7, 11) is 1.61. The fourth-order valence-electron chi connectivity index (χ4n) is 7.31. The predicted octanol–water partition coefficient (Wildman–Crippen LogP) is 6.04. The molecule has 2 heterocycles. The Morgan fingerprint density at radius 1 is 1.10 bits per heavy atom. The lowest BCUT2D eigenvalue weighted by molar-refractivity contribution is -0.154. The summed E-state index contributed by atoms with van der Waals surface area (Å²) >= 11 is 0. The van der Waals surface area contributed by atoms with Gasteiger partial charge in [0.25, 0.3) is 0 Å². The van der Waals surface area contributed by atoms with Crippen molar-refractivity contribution in [1.82, 2.24) is 15.2 Å². The highest BCUT2D eigenvalue weighted by Gasteiger charge is 2.58. The van der Waals surface area contributed by atoms with E-state index >= 15 is 0 Å². The second kappa shape index (κ2) is 12.1. The maximum atomic E-state index is 14.5. The predicted molar refractivity (Wildman–Crippen MR) is 155 cm³/mol. The van der Waals surface area contributed by atoms with Crippen molar-refractivity contribution in [2.75, 3.05) is 7.11 Å². The summed E-state index contributed by atoms with van der Waals surface area (Å²) in [6.07, 6.45) is 6.23. The van der Waals surface area contributed by atoms with Crippen LogP contribution in [-0.2, 0) is 16.1 Å². The Bertz CT molecular complexity index is 1230. The van der Waals surface area contributed by atoms with Crippen molar-refractivity contribution in [3.8, 4) is 5.88 Å². The van der Waals surface area contributed by atoms with E-state index in [1.165, 1.54) is 12.0 Å². The molecule has 1 amide bonds. The summed E-state index contributed by atoms with van der Waals surface area (Å²) in [5, 5.41) is 14.4. The van der Waals surface area contributed by atoms with Crippen LogP contribution in [0.4, 0.5) is 4.39 Å². The molecule has 1 aromatic heterocycles. The summed E-state index contributed by atoms with van der Waals surface area (Å²) in [6.45, 7) is 6.53. The number of rotatable bonds is 8. The number of carbonyl (C=O) groups is 2. The minimum absolute atomic E-state index is 0.151. The van der Waals surface area contributed by atoms with Crippen molar-refractivity contribution in [3.63, 3.8) is 0 Å². The van der Waals surface area contributed by atoms with E-state index < -0.39 is 41.5 Å². The van der Waals surface area contributed by atoms with Crippen molar-refractivity contribution < 1.29 is 23.8 Å². The number of carbonyl (C=O) groups excluding carboxylic acids is 1. The van der Waals surface area contributed by atoms with Crippen LogP contribution >= 0.6 is 0 Å². The Morgan fingerprint density at radius 2 is 1.80 bits per heavy atom. The topological polar surface area (TPSA) is 91.8 Å². The van der Waals surface area contributed by atoms with Gasteiger partial charge in [-0.2, -0.15) is 0 Å². The zero-order valence-corrected chi connectivity index (χ0v) is 24.7. The first kappa shape index (κ1) is 29.5. The number of hydrogen-bond donors (Lipinski definition) is 2. The minimum Gasteiger partial charge on any atom is -0.481 e. The first-order valence-corrected chi connectivity index (χ1v) is 15.1. The first-order chi connectivity index (χ1) is 19.6. The number of methoxy groups -OCH3 is 1. The van der Waals surface area contributed by atoms with Crippen molar-refractivity contribution in [1.29, 1.82) is 0 Å². The molecule has 222 valence electrons. The molecule has 41 heavy (non-hydrogen) atoms. The number of alkyl halides is 1. The van der Waals surface area contributed by atoms with Crippen LogP contribution in [0.3, 0.4) is 0 Å². The van der Waals surface area contributed by atoms with Gasteiger partial charge in [0, 0.05) is 36.2 Å². The average molecular weight is 566 g/mol. The van der Waals surface area contributed by atoms with Crippen molar-refractivity contribution >= 4 is 11.9 Å². The summed E-state index contributed by atoms with van der Waals surface area (Å²) in [5.41, 5.74) is 2.54. The van der Waals surface area contributed by atoms with Gasteiger partial charge in [-0.3, -0.25) is 4.79 Å². The quantitative estimate of drug-likeness (QED) is 0.405. The number of ether oxygens (including phenoxy) is 1. The van der Waals surface area contributed by atoms with E-state index in [4.69, 9.17) is 4.74 Å². The lowest BCUT2D eigenvalue weighted by atomic mass is 9.72. The largest absolute Gasteiger partial charge is 0.481 e. The fraction of sp³-hybridized carbons (Fsp3) is 0.606. The smallest absolute Gasteiger partial charge is 0.326 e. The molecule has 0 radical (unpaired) electrons. The Kier molecular flexibility index (Phi) is 8.69. The molecule has 2 aliphatic carbocycles. The van der Waals surface area contributed by atoms with Gasteiger partial charge in [0.15, 0.2) is 0 Å². The molecule has 2 saturated carbocycles. The number of amides is 1. The second-order valence-corrected chi connectivity index (χ2v) is 13.2. The van der Waals surface area contributed by atoms with E-state index in [0.717, 1.165) is 24.0 Å². The molecule has 1 aromatic carbocycles. The molecule has 7 nitrogen and oxygen atoms in total. The zero-order chi connectivity index (χ0) is 29.3. The first-order valence-electron chi connectivity index (χ1n) is 15.1. The Morgan fingerprint density at radius 3 is 2.39 bits per heavy atom. The van der Waals surface area contributed by atoms with Crippen LogP contribution in [0.5, 0.6) is 5.88 Å². The molecule has 1 saturated heterocycles. The van der Waals surface area contributed by atoms with Crippen LogP contribution in [0.2, 0.25) is 0 Å². The van der Waals surface area contributed by atoms with Crippen LogP contribution in [0.1, 0.15) is 94.4 Å². The number of nitrogens with zero attached hydrogens (tertiary/aromatic N) is 2. The van der Waals surface area contributed by atoms with Gasteiger partial charge in [0.1, 0.15) is 12.2 Å². The molecule has 0 spiro atoms. The molecular weight excluding hydrogens is 521 g/mol. The van der Waals surface area contributed by atoms with E-state index in [1.807, 2.05) is 57.3 Å². The van der Waals surface area contributed by atoms with Crippen LogP contribution < -0.4 is 10.1 Å². The van der Waals surface area contributed by atoms with E-state index in [1.54, 1.807) is 12.0 Å². The number of aromatic nitrogens is 1. The fourth-order valence-corrected chi connectivity index (χ4v) is 7.31. The summed E-state index contributed by atoms with van der Waals surface area (Å²) in [6, 6.07) is 9.88. The minimum atomic E-state index is -1.05. The lowest BCUT2D eigenvalue weighted by Gasteiger charge is -2.36. The lowest BCUT2D eigenvalue weighted by Crippen LogP contribution is -2.49. The molecular formula is C33H44FN3O4. The Balaban J connectivity index is 1.56. The monoisotopic (exact) mass is 565 g/mol. The highest BCUT2D eigenvalue weighted by molar-refractivity contribution is 5.87. The molecule has 5 rings (SSSR count). The number of nitrogens with one attached hydrogen (secondary N) is 1. The number of pyridine rings is 1. The van der Waals surface area contributed by atoms with Crippen molar-refractivity contribution in [3.05, 3.63) is 59.3 Å². The number of carboxylic acids is 1. The van der Waals surface area contributed by atoms with Gasteiger partial charge in [-0.05, 0) is 67.1 Å². The van der Waals surface area contributed by atoms with Gasteiger partial charge < -0.3 is 20.1 Å². The van der Waals surface area contributed by atoms with Gasteiger partial charge in [-0.15, -0.1) is 0 Å². The van der Waals surface area contributed by atoms with Gasteiger partial charge in [0.05, 0.1) is 13.2 Å². The number of hydrogen-bond acceptors (Lipinski definition) is 5. The normalized spacial score (nSPS) is 28.8. The molecule has 2 aromatic rings. The standard InChI is InChI=1S/C33H44FN3O4/c1-33(2,3)26-27(35-19-24-16-23(20-12-8-13-20)18-36-30(24)41-4)28(21-10-6-5-7-11-21)37(29(26)32(39)40)31(38)22-14-9-15-25(34)17-22/h5-7,10-11,16,18,20,22,25-29,35H,8-9,12-15,17,19H2,1-4H3,(H,39,40)/t22-,25-,26+,27+,28+,29+/m1/s1. The van der Waals surface area contributed by atoms with Gasteiger partial charge in [-0.25, -0.2) is 14.2 Å². The van der Waals surface area contributed by atoms with E-state index in [0.29, 0.717) is 37.6 Å². The highest BCUT2D eigenvalue weighted by Crippen LogP contribution is 2.49. The molecule has 6 atom stereocenters. The van der Waals surface area contributed by atoms with Crippen molar-refractivity contribution in [2.45, 2.75) is 102 Å². The van der Waals surface area contributed by atoms with Gasteiger partial charge >= 0.3 is 5.97 Å². The number of aliphatic carboxylic acids is 1. The molecule has 0 bridgehead atoms. The third-order valence-electron chi connectivity index (χ3n) is 9.52.